The molecule has 0 amide bonds. The van der Waals surface area contributed by atoms with Crippen molar-refractivity contribution in [2.45, 2.75) is 13.5 Å². The summed E-state index contributed by atoms with van der Waals surface area (Å²) in [5, 5.41) is 10.9. The summed E-state index contributed by atoms with van der Waals surface area (Å²) in [4.78, 5) is 22.6. The number of hydrogen-bond donors (Lipinski definition) is 0. The second kappa shape index (κ2) is 8.72. The van der Waals surface area contributed by atoms with E-state index in [0.717, 1.165) is 4.47 Å². The molecule has 0 saturated heterocycles. The molecular weight excluding hydrogens is 420 g/mol. The molecule has 0 aliphatic rings. The van der Waals surface area contributed by atoms with Gasteiger partial charge in [0.1, 0.15) is 0 Å². The van der Waals surface area contributed by atoms with Crippen molar-refractivity contribution in [1.29, 1.82) is 0 Å². The minimum Gasteiger partial charge on any atom is -1.00 e. The maximum absolute atomic E-state index is 12.2. The summed E-state index contributed by atoms with van der Waals surface area (Å²) in [5.74, 6) is -0.170. The normalized spacial score (nSPS) is 9.36. The fourth-order valence-corrected chi connectivity index (χ4v) is 2.24. The van der Waals surface area contributed by atoms with Crippen LogP contribution in [0.15, 0.2) is 47.2 Å². The van der Waals surface area contributed by atoms with E-state index in [2.05, 4.69) is 15.9 Å². The molecule has 0 bridgehead atoms. The number of hydrogen-bond acceptors (Lipinski definition) is 3. The number of nitro benzene ring substituents is 1. The number of rotatable bonds is 4. The number of benzene rings is 1. The Morgan fingerprint density at radius 3 is 2.64 bits per heavy atom. The monoisotopic (exact) mass is 432 g/mol. The lowest BCUT2D eigenvalue weighted by molar-refractivity contribution is -0.683. The van der Waals surface area contributed by atoms with Crippen molar-refractivity contribution in [3.63, 3.8) is 0 Å². The van der Waals surface area contributed by atoms with Crippen LogP contribution in [0.3, 0.4) is 0 Å². The summed E-state index contributed by atoms with van der Waals surface area (Å²) in [5.41, 5.74) is 0.853. The van der Waals surface area contributed by atoms with E-state index in [9.17, 15) is 14.9 Å². The topological polar surface area (TPSA) is 95.6 Å². The Labute approximate surface area is 146 Å². The largest absolute Gasteiger partial charge is 1.00 e. The van der Waals surface area contributed by atoms with Crippen LogP contribution >= 0.6 is 15.9 Å². The predicted octanol–water partition coefficient (Wildman–Crippen LogP) is -0.985. The van der Waals surface area contributed by atoms with Gasteiger partial charge in [0.2, 0.25) is 12.3 Å². The summed E-state index contributed by atoms with van der Waals surface area (Å²) >= 11 is 3.33. The molecular formula is C14H14Br2N2O4. The Hall–Kier alpha value is -1.64. The van der Waals surface area contributed by atoms with Gasteiger partial charge in [0.25, 0.3) is 5.69 Å². The number of carbonyl (C=O) groups excluding carboxylic acids is 1. The SMILES string of the molecule is Cc1ccc(C(=O)C[n+]2cccc(Br)c2)cc1[N+](=O)[O-].O.[Br-]. The Morgan fingerprint density at radius 1 is 1.36 bits per heavy atom. The average Bonchev–Trinajstić information content (AvgIpc) is 2.38. The highest BCUT2D eigenvalue weighted by Crippen LogP contribution is 2.19. The van der Waals surface area contributed by atoms with Gasteiger partial charge in [0.15, 0.2) is 12.4 Å². The molecule has 0 fully saturated rings. The van der Waals surface area contributed by atoms with Gasteiger partial charge in [-0.05, 0) is 28.9 Å². The van der Waals surface area contributed by atoms with E-state index < -0.39 is 4.92 Å². The van der Waals surface area contributed by atoms with Crippen LogP contribution in [0.4, 0.5) is 5.69 Å². The van der Waals surface area contributed by atoms with Crippen molar-refractivity contribution in [3.05, 3.63) is 68.4 Å². The summed E-state index contributed by atoms with van der Waals surface area (Å²) < 4.78 is 2.58. The highest BCUT2D eigenvalue weighted by Gasteiger charge is 2.17. The van der Waals surface area contributed by atoms with Gasteiger partial charge in [-0.1, -0.05) is 12.1 Å². The van der Waals surface area contributed by atoms with Gasteiger partial charge < -0.3 is 22.5 Å². The molecule has 0 atom stereocenters. The van der Waals surface area contributed by atoms with Gasteiger partial charge in [-0.25, -0.2) is 0 Å². The van der Waals surface area contributed by atoms with E-state index in [0.29, 0.717) is 11.1 Å². The summed E-state index contributed by atoms with van der Waals surface area (Å²) in [6, 6.07) is 8.21. The predicted molar refractivity (Wildman–Crippen MR) is 80.1 cm³/mol. The number of nitrogens with zero attached hydrogens (tertiary/aromatic N) is 2. The summed E-state index contributed by atoms with van der Waals surface area (Å²) in [6.45, 7) is 1.79. The maximum Gasteiger partial charge on any atom is 0.273 e. The number of aryl methyl sites for hydroxylation is 1. The molecule has 0 saturated carbocycles. The smallest absolute Gasteiger partial charge is 0.273 e. The van der Waals surface area contributed by atoms with E-state index in [1.807, 2.05) is 12.1 Å². The third-order valence-electron chi connectivity index (χ3n) is 2.88. The molecule has 1 aromatic carbocycles. The molecule has 6 nitrogen and oxygen atoms in total. The fraction of sp³-hybridized carbons (Fsp3) is 0.143. The molecule has 2 N–H and O–H groups in total. The van der Waals surface area contributed by atoms with Crippen LogP contribution < -0.4 is 21.5 Å². The number of pyridine rings is 1. The third-order valence-corrected chi connectivity index (χ3v) is 3.35. The van der Waals surface area contributed by atoms with Crippen molar-refractivity contribution >= 4 is 27.4 Å². The third kappa shape index (κ3) is 4.97. The first-order valence-corrected chi connectivity index (χ1v) is 6.69. The van der Waals surface area contributed by atoms with E-state index in [1.54, 1.807) is 36.0 Å². The number of aromatic nitrogens is 1. The minimum atomic E-state index is -0.474. The zero-order valence-electron chi connectivity index (χ0n) is 11.6. The number of carbonyl (C=O) groups is 1. The molecule has 22 heavy (non-hydrogen) atoms. The van der Waals surface area contributed by atoms with Crippen LogP contribution in [0.2, 0.25) is 0 Å². The van der Waals surface area contributed by atoms with Gasteiger partial charge in [0, 0.05) is 23.3 Å². The van der Waals surface area contributed by atoms with E-state index in [-0.39, 0.29) is 40.5 Å². The van der Waals surface area contributed by atoms with Crippen LogP contribution in [0.5, 0.6) is 0 Å². The van der Waals surface area contributed by atoms with E-state index in [1.165, 1.54) is 6.07 Å². The van der Waals surface area contributed by atoms with Crippen molar-refractivity contribution in [3.8, 4) is 0 Å². The van der Waals surface area contributed by atoms with Crippen LogP contribution in [-0.2, 0) is 6.54 Å². The number of halogens is 2. The molecule has 118 valence electrons. The lowest BCUT2D eigenvalue weighted by atomic mass is 10.1. The van der Waals surface area contributed by atoms with Gasteiger partial charge in [-0.3, -0.25) is 14.9 Å². The highest BCUT2D eigenvalue weighted by atomic mass is 79.9. The molecule has 2 rings (SSSR count). The molecule has 1 aromatic heterocycles. The molecule has 0 aliphatic heterocycles. The van der Waals surface area contributed by atoms with Gasteiger partial charge in [-0.2, -0.15) is 4.57 Å². The fourth-order valence-electron chi connectivity index (χ4n) is 1.82. The minimum absolute atomic E-state index is 0. The summed E-state index contributed by atoms with van der Waals surface area (Å²) in [6.07, 6.45) is 3.55. The Balaban J connectivity index is 0.00000220. The molecule has 0 spiro atoms. The van der Waals surface area contributed by atoms with Gasteiger partial charge in [0.05, 0.1) is 9.40 Å². The summed E-state index contributed by atoms with van der Waals surface area (Å²) in [7, 11) is 0. The first-order valence-electron chi connectivity index (χ1n) is 5.90. The number of ketones is 1. The highest BCUT2D eigenvalue weighted by molar-refractivity contribution is 9.10. The standard InChI is InChI=1S/C14H12BrN2O3.BrH.H2O/c1-10-4-5-11(7-13(10)17(19)20)14(18)9-16-6-2-3-12(15)8-16;;/h2-8H,9H2,1H3;1H;1H2/q+1;;/p-1. The van der Waals surface area contributed by atoms with Crippen molar-refractivity contribution in [1.82, 2.24) is 0 Å². The molecule has 8 heteroatoms. The van der Waals surface area contributed by atoms with Crippen LogP contribution in [0.25, 0.3) is 0 Å². The quantitative estimate of drug-likeness (QED) is 0.268. The van der Waals surface area contributed by atoms with Gasteiger partial charge >= 0.3 is 0 Å². The number of Topliss-reactive ketones (excluding diaryl/α,β-unsaturated/α-hetero) is 1. The molecule has 0 unspecified atom stereocenters. The van der Waals surface area contributed by atoms with Crippen molar-refractivity contribution in [2.24, 2.45) is 0 Å². The second-order valence-electron chi connectivity index (χ2n) is 4.38. The van der Waals surface area contributed by atoms with Crippen molar-refractivity contribution in [2.75, 3.05) is 0 Å². The van der Waals surface area contributed by atoms with Crippen LogP contribution in [0, 0.1) is 17.0 Å². The van der Waals surface area contributed by atoms with E-state index >= 15 is 0 Å². The van der Waals surface area contributed by atoms with E-state index in [4.69, 9.17) is 0 Å². The molecule has 0 radical (unpaired) electrons. The first-order chi connectivity index (χ1) is 9.47. The average molecular weight is 434 g/mol. The lowest BCUT2D eigenvalue weighted by Gasteiger charge is -2.01. The van der Waals surface area contributed by atoms with Gasteiger partial charge in [-0.15, -0.1) is 0 Å². The zero-order valence-corrected chi connectivity index (χ0v) is 14.8. The molecule has 0 aliphatic carbocycles. The maximum atomic E-state index is 12.2. The van der Waals surface area contributed by atoms with Crippen molar-refractivity contribution < 1.29 is 36.7 Å². The Kier molecular flexibility index (Phi) is 8.07. The number of nitro groups is 1. The lowest BCUT2D eigenvalue weighted by Crippen LogP contribution is -3.00. The molecule has 1 heterocycles. The van der Waals surface area contributed by atoms with Crippen LogP contribution in [0.1, 0.15) is 15.9 Å². The first kappa shape index (κ1) is 20.4. The second-order valence-corrected chi connectivity index (χ2v) is 5.29. The molecule has 2 aromatic rings. The Bertz CT molecular complexity index is 692. The Morgan fingerprint density at radius 2 is 2.05 bits per heavy atom. The zero-order chi connectivity index (χ0) is 14.7. The van der Waals surface area contributed by atoms with Crippen LogP contribution in [-0.4, -0.2) is 16.2 Å².